The van der Waals surface area contributed by atoms with Gasteiger partial charge in [-0.15, -0.1) is 6.58 Å². The SMILES string of the molecule is C=C(C)CCC/C(C)=C1\CC[C@@]2(C)C3=C(CC[C@]12C)[C@@]1(C)CC[C@H](O)C(C)(C)[C@@H]1CC3. The van der Waals surface area contributed by atoms with Crippen LogP contribution in [-0.2, 0) is 0 Å². The van der Waals surface area contributed by atoms with E-state index in [1.807, 2.05) is 11.1 Å². The van der Waals surface area contributed by atoms with Crippen LogP contribution < -0.4 is 0 Å². The van der Waals surface area contributed by atoms with Crippen LogP contribution in [0.3, 0.4) is 0 Å². The molecule has 4 aliphatic rings. The second kappa shape index (κ2) is 7.61. The van der Waals surface area contributed by atoms with Gasteiger partial charge in [-0.1, -0.05) is 62.5 Å². The van der Waals surface area contributed by atoms with Crippen molar-refractivity contribution in [3.05, 3.63) is 34.4 Å². The highest BCUT2D eigenvalue weighted by Gasteiger charge is 2.61. The summed E-state index contributed by atoms with van der Waals surface area (Å²) in [5.41, 5.74) is 9.47. The van der Waals surface area contributed by atoms with E-state index >= 15 is 0 Å². The van der Waals surface area contributed by atoms with Crippen LogP contribution >= 0.6 is 0 Å². The Kier molecular flexibility index (Phi) is 5.73. The van der Waals surface area contributed by atoms with Crippen molar-refractivity contribution in [2.75, 3.05) is 0 Å². The van der Waals surface area contributed by atoms with Crippen molar-refractivity contribution >= 4 is 0 Å². The Morgan fingerprint density at radius 3 is 2.23 bits per heavy atom. The maximum atomic E-state index is 10.8. The monoisotopic (exact) mass is 424 g/mol. The van der Waals surface area contributed by atoms with Gasteiger partial charge in [0, 0.05) is 0 Å². The van der Waals surface area contributed by atoms with Gasteiger partial charge in [-0.05, 0) is 112 Å². The fourth-order valence-electron chi connectivity index (χ4n) is 8.95. The van der Waals surface area contributed by atoms with E-state index in [2.05, 4.69) is 55.0 Å². The van der Waals surface area contributed by atoms with E-state index in [4.69, 9.17) is 0 Å². The first kappa shape index (κ1) is 23.3. The summed E-state index contributed by atoms with van der Waals surface area (Å²) in [5.74, 6) is 0.621. The zero-order chi connectivity index (χ0) is 22.8. The first-order valence-corrected chi connectivity index (χ1v) is 13.1. The second-order valence-electron chi connectivity index (χ2n) is 13.1. The van der Waals surface area contributed by atoms with Gasteiger partial charge in [0.15, 0.2) is 0 Å². The van der Waals surface area contributed by atoms with Gasteiger partial charge < -0.3 is 5.11 Å². The lowest BCUT2D eigenvalue weighted by atomic mass is 9.44. The highest BCUT2D eigenvalue weighted by atomic mass is 16.3. The molecule has 0 aromatic carbocycles. The van der Waals surface area contributed by atoms with Gasteiger partial charge in [-0.2, -0.15) is 0 Å². The molecule has 174 valence electrons. The molecule has 0 aromatic rings. The van der Waals surface area contributed by atoms with Gasteiger partial charge in [-0.3, -0.25) is 0 Å². The molecule has 0 aromatic heterocycles. The molecule has 5 atom stereocenters. The number of aliphatic hydroxyl groups is 1. The summed E-state index contributed by atoms with van der Waals surface area (Å²) >= 11 is 0. The molecule has 0 spiro atoms. The van der Waals surface area contributed by atoms with Crippen molar-refractivity contribution in [2.24, 2.45) is 27.6 Å². The molecule has 31 heavy (non-hydrogen) atoms. The number of fused-ring (bicyclic) bond motifs is 4. The number of hydrogen-bond acceptors (Lipinski definition) is 1. The zero-order valence-electron chi connectivity index (χ0n) is 21.6. The lowest BCUT2D eigenvalue weighted by Gasteiger charge is -2.61. The van der Waals surface area contributed by atoms with Crippen LogP contribution in [0.4, 0.5) is 0 Å². The fourth-order valence-corrected chi connectivity index (χ4v) is 8.95. The lowest BCUT2D eigenvalue weighted by Crippen LogP contribution is -2.54. The maximum absolute atomic E-state index is 10.8. The van der Waals surface area contributed by atoms with Crippen LogP contribution in [-0.4, -0.2) is 11.2 Å². The largest absolute Gasteiger partial charge is 0.393 e. The highest BCUT2D eigenvalue weighted by molar-refractivity contribution is 5.44. The van der Waals surface area contributed by atoms with Gasteiger partial charge in [0.2, 0.25) is 0 Å². The number of aliphatic hydroxyl groups excluding tert-OH is 1. The normalized spacial score (nSPS) is 43.2. The Bertz CT molecular complexity index is 825. The molecule has 0 bridgehead atoms. The summed E-state index contributed by atoms with van der Waals surface area (Å²) in [6.07, 6.45) is 13.4. The molecule has 2 saturated carbocycles. The average molecular weight is 425 g/mol. The first-order valence-electron chi connectivity index (χ1n) is 13.1. The summed E-state index contributed by atoms with van der Waals surface area (Å²) in [5, 5.41) is 10.8. The molecular formula is C30H48O. The molecule has 4 rings (SSSR count). The van der Waals surface area contributed by atoms with Crippen LogP contribution in [0.5, 0.6) is 0 Å². The third-order valence-corrected chi connectivity index (χ3v) is 11.2. The number of allylic oxidation sites excluding steroid dienone is 5. The molecule has 4 aliphatic carbocycles. The van der Waals surface area contributed by atoms with Crippen LogP contribution in [0.25, 0.3) is 0 Å². The molecule has 0 heterocycles. The summed E-state index contributed by atoms with van der Waals surface area (Å²) in [6, 6.07) is 0. The van der Waals surface area contributed by atoms with Crippen molar-refractivity contribution < 1.29 is 5.11 Å². The summed E-state index contributed by atoms with van der Waals surface area (Å²) in [7, 11) is 0. The minimum atomic E-state index is -0.139. The topological polar surface area (TPSA) is 20.2 Å². The van der Waals surface area contributed by atoms with Crippen molar-refractivity contribution in [2.45, 2.75) is 125 Å². The van der Waals surface area contributed by atoms with Crippen LogP contribution in [0, 0.1) is 27.6 Å². The smallest absolute Gasteiger partial charge is 0.0594 e. The Morgan fingerprint density at radius 2 is 1.55 bits per heavy atom. The molecule has 0 unspecified atom stereocenters. The van der Waals surface area contributed by atoms with E-state index in [9.17, 15) is 5.11 Å². The molecule has 0 aliphatic heterocycles. The predicted octanol–water partition coefficient (Wildman–Crippen LogP) is 8.54. The third-order valence-electron chi connectivity index (χ3n) is 11.2. The predicted molar refractivity (Wildman–Crippen MR) is 133 cm³/mol. The second-order valence-corrected chi connectivity index (χ2v) is 13.1. The Hall–Kier alpha value is -0.820. The Labute approximate surface area is 192 Å². The Balaban J connectivity index is 1.69. The van der Waals surface area contributed by atoms with Crippen LogP contribution in [0.1, 0.15) is 119 Å². The quantitative estimate of drug-likeness (QED) is 0.448. The van der Waals surface area contributed by atoms with Gasteiger partial charge in [-0.25, -0.2) is 0 Å². The standard InChI is InChI=1S/C30H48O/c1-20(2)10-9-11-21(3)22-14-18-30(8)24-12-13-25-27(4,5)26(31)16-17-28(25,6)23(24)15-19-29(22,30)7/h25-26,31H,1,9-19H2,2-8H3/b22-21+/t25-,26-,28+,29+,30-/m0/s1. The average Bonchev–Trinajstić information content (AvgIpc) is 2.96. The number of hydrogen-bond donors (Lipinski definition) is 1. The third kappa shape index (κ3) is 3.27. The van der Waals surface area contributed by atoms with Crippen LogP contribution in [0.2, 0.25) is 0 Å². The minimum absolute atomic E-state index is 0.0355. The van der Waals surface area contributed by atoms with E-state index in [1.165, 1.54) is 63.4 Å². The summed E-state index contributed by atoms with van der Waals surface area (Å²) < 4.78 is 0. The Morgan fingerprint density at radius 1 is 0.871 bits per heavy atom. The van der Waals surface area contributed by atoms with Crippen molar-refractivity contribution in [3.8, 4) is 0 Å². The molecular weight excluding hydrogens is 376 g/mol. The van der Waals surface area contributed by atoms with Crippen molar-refractivity contribution in [1.29, 1.82) is 0 Å². The van der Waals surface area contributed by atoms with E-state index in [0.29, 0.717) is 22.2 Å². The fraction of sp³-hybridized carbons (Fsp3) is 0.800. The van der Waals surface area contributed by atoms with E-state index < -0.39 is 0 Å². The molecule has 1 heteroatoms. The molecule has 0 amide bonds. The van der Waals surface area contributed by atoms with Crippen molar-refractivity contribution in [3.63, 3.8) is 0 Å². The molecule has 0 saturated heterocycles. The van der Waals surface area contributed by atoms with Crippen molar-refractivity contribution in [1.82, 2.24) is 0 Å². The molecule has 0 radical (unpaired) electrons. The minimum Gasteiger partial charge on any atom is -0.393 e. The summed E-state index contributed by atoms with van der Waals surface area (Å²) in [6.45, 7) is 21.2. The van der Waals surface area contributed by atoms with Gasteiger partial charge in [0.1, 0.15) is 0 Å². The van der Waals surface area contributed by atoms with Gasteiger partial charge in [0.25, 0.3) is 0 Å². The lowest BCUT2D eigenvalue weighted by molar-refractivity contribution is -0.0940. The van der Waals surface area contributed by atoms with Crippen LogP contribution in [0.15, 0.2) is 34.4 Å². The summed E-state index contributed by atoms with van der Waals surface area (Å²) in [4.78, 5) is 0. The highest BCUT2D eigenvalue weighted by Crippen LogP contribution is 2.71. The molecule has 1 nitrogen and oxygen atoms in total. The van der Waals surface area contributed by atoms with Gasteiger partial charge in [0.05, 0.1) is 6.10 Å². The van der Waals surface area contributed by atoms with Gasteiger partial charge >= 0.3 is 0 Å². The number of rotatable bonds is 4. The zero-order valence-corrected chi connectivity index (χ0v) is 21.6. The van der Waals surface area contributed by atoms with E-state index in [-0.39, 0.29) is 11.5 Å². The first-order chi connectivity index (χ1) is 14.4. The molecule has 2 fully saturated rings. The molecule has 1 N–H and O–H groups in total. The van der Waals surface area contributed by atoms with E-state index in [0.717, 1.165) is 12.8 Å². The maximum Gasteiger partial charge on any atom is 0.0594 e. The van der Waals surface area contributed by atoms with E-state index in [1.54, 1.807) is 11.1 Å².